The van der Waals surface area contributed by atoms with E-state index < -0.39 is 6.10 Å². The summed E-state index contributed by atoms with van der Waals surface area (Å²) in [7, 11) is 0. The second kappa shape index (κ2) is 11.5. The summed E-state index contributed by atoms with van der Waals surface area (Å²) in [5.74, 6) is 1.70. The molecule has 0 saturated carbocycles. The number of aliphatic hydroxyl groups is 1. The molecule has 184 valence electrons. The number of allylic oxidation sites excluding steroid dienone is 2. The maximum absolute atomic E-state index is 12.1. The molecule has 0 aromatic carbocycles. The maximum atomic E-state index is 12.1. The molecule has 0 aliphatic carbocycles. The number of aliphatic imine (C=N–C) groups is 1. The number of hydrogen-bond acceptors (Lipinski definition) is 5. The Morgan fingerprint density at radius 3 is 2.91 bits per heavy atom. The minimum atomic E-state index is -0.661. The van der Waals surface area contributed by atoms with Gasteiger partial charge in [-0.25, -0.2) is 9.51 Å². The van der Waals surface area contributed by atoms with Crippen LogP contribution in [-0.2, 0) is 4.79 Å². The number of β-amino-alcohol motifs (C(OH)–C–C–N with tert-alkyl or cyclic N) is 1. The molecule has 8 nitrogen and oxygen atoms in total. The molecule has 2 atom stereocenters. The van der Waals surface area contributed by atoms with Crippen LogP contribution in [0.25, 0.3) is 11.1 Å². The van der Waals surface area contributed by atoms with E-state index in [0.29, 0.717) is 43.3 Å². The number of amidine groups is 1. The number of nitrogens with zero attached hydrogens (tertiary/aromatic N) is 4. The smallest absolute Gasteiger partial charge is 0.220 e. The fourth-order valence-electron chi connectivity index (χ4n) is 4.03. The number of fused-ring (bicyclic) bond motifs is 1. The number of carbonyl (C=O) groups excluding carboxylic acids is 1. The second-order valence-electron chi connectivity index (χ2n) is 8.85. The zero-order chi connectivity index (χ0) is 24.8. The third-order valence-corrected chi connectivity index (χ3v) is 6.03. The maximum Gasteiger partial charge on any atom is 0.220 e. The molecule has 1 fully saturated rings. The van der Waals surface area contributed by atoms with Crippen molar-refractivity contribution in [1.82, 2.24) is 19.8 Å². The quantitative estimate of drug-likeness (QED) is 0.334. The summed E-state index contributed by atoms with van der Waals surface area (Å²) in [5.41, 5.74) is 2.33. The van der Waals surface area contributed by atoms with Crippen LogP contribution < -0.4 is 10.1 Å². The number of nitrogens with one attached hydrogen (secondary N) is 1. The van der Waals surface area contributed by atoms with Gasteiger partial charge in [-0.15, -0.1) is 0 Å². The Bertz CT molecular complexity index is 1090. The van der Waals surface area contributed by atoms with Crippen LogP contribution in [-0.4, -0.2) is 63.2 Å². The van der Waals surface area contributed by atoms with Crippen molar-refractivity contribution in [3.63, 3.8) is 0 Å². The van der Waals surface area contributed by atoms with Crippen molar-refractivity contribution in [2.75, 3.05) is 19.7 Å². The van der Waals surface area contributed by atoms with Gasteiger partial charge in [-0.2, -0.15) is 5.10 Å². The molecule has 34 heavy (non-hydrogen) atoms. The first-order valence-electron chi connectivity index (χ1n) is 11.6. The topological polar surface area (TPSA) is 91.5 Å². The predicted molar refractivity (Wildman–Crippen MR) is 136 cm³/mol. The van der Waals surface area contributed by atoms with Crippen LogP contribution in [0.15, 0.2) is 42.3 Å². The van der Waals surface area contributed by atoms with E-state index in [0.717, 1.165) is 22.5 Å². The van der Waals surface area contributed by atoms with E-state index in [9.17, 15) is 9.90 Å². The van der Waals surface area contributed by atoms with Crippen LogP contribution in [0, 0.1) is 5.92 Å². The summed E-state index contributed by atoms with van der Waals surface area (Å²) in [6.07, 6.45) is 7.29. The minimum absolute atomic E-state index is 0.0180. The highest BCUT2D eigenvalue weighted by Crippen LogP contribution is 2.31. The Balaban J connectivity index is 1.78. The molecule has 0 unspecified atom stereocenters. The molecule has 1 amide bonds. The fraction of sp³-hybridized carbons (Fsp3) is 0.480. The number of likely N-dealkylation sites (tertiary alicyclic amines) is 1. The van der Waals surface area contributed by atoms with Crippen LogP contribution in [0.3, 0.4) is 0 Å². The minimum Gasteiger partial charge on any atom is -0.492 e. The van der Waals surface area contributed by atoms with Crippen LogP contribution in [0.2, 0.25) is 5.02 Å². The first-order valence-corrected chi connectivity index (χ1v) is 12.0. The molecular formula is C25H34ClN5O3. The lowest BCUT2D eigenvalue weighted by Gasteiger charge is -2.37. The standard InChI is InChI=1S/C25H34ClN5O3/c1-6-18(20-11-19(34-7-2)14-31-25(20)21(26)13-28-31)12-27-17(5)30-9-8-22(23(32)15-30)29-24(33)10-16(3)4/h6,11-14,16,22-23,32H,1,7-10,15H2,2-5H3,(H,29,33)/b18-12+,27-17?/t22-,23-/m0/s1. The van der Waals surface area contributed by atoms with Crippen molar-refractivity contribution >= 4 is 34.4 Å². The Morgan fingerprint density at radius 1 is 1.50 bits per heavy atom. The van der Waals surface area contributed by atoms with Crippen LogP contribution in [0.5, 0.6) is 5.75 Å². The highest BCUT2D eigenvalue weighted by molar-refractivity contribution is 6.34. The van der Waals surface area contributed by atoms with Gasteiger partial charge in [0.15, 0.2) is 0 Å². The zero-order valence-electron chi connectivity index (χ0n) is 20.3. The van der Waals surface area contributed by atoms with Gasteiger partial charge >= 0.3 is 0 Å². The number of pyridine rings is 1. The monoisotopic (exact) mass is 487 g/mol. The van der Waals surface area contributed by atoms with Gasteiger partial charge in [0.2, 0.25) is 5.91 Å². The summed E-state index contributed by atoms with van der Waals surface area (Å²) < 4.78 is 7.37. The highest BCUT2D eigenvalue weighted by atomic mass is 35.5. The fourth-order valence-corrected chi connectivity index (χ4v) is 4.26. The zero-order valence-corrected chi connectivity index (χ0v) is 21.0. The van der Waals surface area contributed by atoms with Crippen molar-refractivity contribution < 1.29 is 14.6 Å². The van der Waals surface area contributed by atoms with Gasteiger partial charge in [-0.05, 0) is 32.3 Å². The lowest BCUT2D eigenvalue weighted by molar-refractivity contribution is -0.123. The van der Waals surface area contributed by atoms with Gasteiger partial charge in [0.1, 0.15) is 11.6 Å². The number of carbonyl (C=O) groups is 1. The number of aliphatic hydroxyl groups excluding tert-OH is 1. The number of halogens is 1. The van der Waals surface area contributed by atoms with Gasteiger partial charge in [0.05, 0.1) is 41.7 Å². The first kappa shape index (κ1) is 25.8. The average Bonchev–Trinajstić information content (AvgIpc) is 3.15. The molecule has 0 radical (unpaired) electrons. The van der Waals surface area contributed by atoms with Gasteiger partial charge in [-0.1, -0.05) is 38.1 Å². The number of rotatable bonds is 8. The Hall–Kier alpha value is -2.84. The first-order chi connectivity index (χ1) is 16.2. The van der Waals surface area contributed by atoms with Crippen molar-refractivity contribution in [2.45, 2.75) is 52.7 Å². The molecule has 2 N–H and O–H groups in total. The van der Waals surface area contributed by atoms with Crippen molar-refractivity contribution in [1.29, 1.82) is 0 Å². The summed E-state index contributed by atoms with van der Waals surface area (Å²) in [4.78, 5) is 18.8. The largest absolute Gasteiger partial charge is 0.492 e. The third-order valence-electron chi connectivity index (χ3n) is 5.75. The van der Waals surface area contributed by atoms with Gasteiger partial charge < -0.3 is 20.1 Å². The normalized spacial score (nSPS) is 19.6. The van der Waals surface area contributed by atoms with Crippen LogP contribution in [0.4, 0.5) is 0 Å². The number of amides is 1. The Kier molecular flexibility index (Phi) is 8.74. The number of piperidine rings is 1. The molecule has 9 heteroatoms. The molecule has 2 aromatic rings. The SMILES string of the molecule is C=C/C(=C\N=C(C)N1CC[C@H](NC(=O)CC(C)C)[C@@H](O)C1)c1cc(OCC)cn2ncc(Cl)c12. The summed E-state index contributed by atoms with van der Waals surface area (Å²) in [6, 6.07) is 1.66. The van der Waals surface area contributed by atoms with E-state index in [1.165, 1.54) is 0 Å². The van der Waals surface area contributed by atoms with Gasteiger partial charge in [0.25, 0.3) is 0 Å². The molecule has 2 aromatic heterocycles. The van der Waals surface area contributed by atoms with Gasteiger partial charge in [0, 0.05) is 36.8 Å². The highest BCUT2D eigenvalue weighted by Gasteiger charge is 2.29. The van der Waals surface area contributed by atoms with Crippen LogP contribution in [0.1, 0.15) is 46.1 Å². The number of hydrogen-bond donors (Lipinski definition) is 2. The lowest BCUT2D eigenvalue weighted by atomic mass is 10.0. The molecule has 3 heterocycles. The van der Waals surface area contributed by atoms with Crippen LogP contribution >= 0.6 is 11.6 Å². The van der Waals surface area contributed by atoms with Crippen molar-refractivity contribution in [2.24, 2.45) is 10.9 Å². The lowest BCUT2D eigenvalue weighted by Crippen LogP contribution is -2.55. The van der Waals surface area contributed by atoms with E-state index in [-0.39, 0.29) is 17.9 Å². The molecule has 1 aliphatic rings. The molecular weight excluding hydrogens is 454 g/mol. The van der Waals surface area contributed by atoms with E-state index in [2.05, 4.69) is 22.0 Å². The Morgan fingerprint density at radius 2 is 2.26 bits per heavy atom. The molecule has 1 aliphatic heterocycles. The van der Waals surface area contributed by atoms with E-state index in [1.54, 1.807) is 29.2 Å². The molecule has 1 saturated heterocycles. The van der Waals surface area contributed by atoms with Crippen molar-refractivity contribution in [3.05, 3.63) is 47.9 Å². The summed E-state index contributed by atoms with van der Waals surface area (Å²) in [5, 5.41) is 18.4. The second-order valence-corrected chi connectivity index (χ2v) is 9.25. The predicted octanol–water partition coefficient (Wildman–Crippen LogP) is 3.93. The third kappa shape index (κ3) is 6.18. The Labute approximate surface area is 205 Å². The average molecular weight is 488 g/mol. The molecule has 3 rings (SSSR count). The van der Waals surface area contributed by atoms with E-state index >= 15 is 0 Å². The summed E-state index contributed by atoms with van der Waals surface area (Å²) in [6.45, 7) is 13.4. The number of ether oxygens (including phenoxy) is 1. The van der Waals surface area contributed by atoms with Gasteiger partial charge in [-0.3, -0.25) is 4.79 Å². The molecule has 0 bridgehead atoms. The van der Waals surface area contributed by atoms with E-state index in [1.807, 2.05) is 38.7 Å². The van der Waals surface area contributed by atoms with Crippen molar-refractivity contribution in [3.8, 4) is 5.75 Å². The summed E-state index contributed by atoms with van der Waals surface area (Å²) >= 11 is 6.40. The molecule has 0 spiro atoms. The number of aromatic nitrogens is 2. The van der Waals surface area contributed by atoms with E-state index in [4.69, 9.17) is 16.3 Å².